The largest absolute Gasteiger partial charge is 0.490 e. The van der Waals surface area contributed by atoms with Gasteiger partial charge >= 0.3 is 24.1 Å². The second-order valence-electron chi connectivity index (χ2n) is 34.7. The molecule has 6 aliphatic heterocycles. The number of benzene rings is 6. The van der Waals surface area contributed by atoms with Crippen molar-refractivity contribution in [3.05, 3.63) is 185 Å². The molecule has 2 saturated heterocycles. The first-order valence-corrected chi connectivity index (χ1v) is 40.5. The summed E-state index contributed by atoms with van der Waals surface area (Å²) < 4.78 is 30.3. The summed E-state index contributed by atoms with van der Waals surface area (Å²) >= 11 is 0. The normalized spacial score (nSPS) is 21.7. The van der Waals surface area contributed by atoms with Gasteiger partial charge in [-0.15, -0.1) is 5.10 Å². The monoisotopic (exact) mass is 1660 g/mol. The van der Waals surface area contributed by atoms with Crippen LogP contribution in [0.5, 0.6) is 11.5 Å². The molecular weight excluding hydrogens is 1550 g/mol. The Morgan fingerprint density at radius 1 is 0.620 bits per heavy atom. The summed E-state index contributed by atoms with van der Waals surface area (Å²) in [6.45, 7) is 19.6. The van der Waals surface area contributed by atoms with Crippen molar-refractivity contribution in [2.75, 3.05) is 40.9 Å². The molecule has 14 rings (SSSR count). The van der Waals surface area contributed by atoms with E-state index in [9.17, 15) is 43.5 Å². The van der Waals surface area contributed by atoms with Gasteiger partial charge < -0.3 is 70.5 Å². The number of carboxylic acids is 1. The topological polar surface area (TPSA) is 387 Å². The fourth-order valence-corrected chi connectivity index (χ4v) is 15.1. The lowest BCUT2D eigenvalue weighted by Crippen LogP contribution is -2.61. The summed E-state index contributed by atoms with van der Waals surface area (Å²) in [4.78, 5) is 178. The molecule has 642 valence electrons. The summed E-state index contributed by atoms with van der Waals surface area (Å²) in [7, 11) is 4.01. The molecule has 7 heterocycles. The Labute approximate surface area is 702 Å². The highest BCUT2D eigenvalue weighted by atomic mass is 16.6. The van der Waals surface area contributed by atoms with Crippen LogP contribution >= 0.6 is 0 Å². The van der Waals surface area contributed by atoms with Crippen molar-refractivity contribution in [1.29, 1.82) is 0 Å². The molecule has 31 heteroatoms. The maximum atomic E-state index is 15.5. The fraction of sp³-hybridized carbons (Fsp3) is 0.444. The Bertz CT molecular complexity index is 5120. The van der Waals surface area contributed by atoms with Gasteiger partial charge in [0.05, 0.1) is 19.3 Å². The second-order valence-corrected chi connectivity index (χ2v) is 34.7. The maximum absolute atomic E-state index is 15.5. The molecule has 0 spiro atoms. The Balaban J connectivity index is 0.914. The highest BCUT2D eigenvalue weighted by Crippen LogP contribution is 2.53. The van der Waals surface area contributed by atoms with Crippen LogP contribution in [0.3, 0.4) is 0 Å². The van der Waals surface area contributed by atoms with Crippen LogP contribution in [0.2, 0.25) is 0 Å². The SMILES string of the molecule is COC(=O)C12C[C@H]1c1ccc(cc1)OCc1cn(nn1)[C@H]1C[C@@H](C(=O)N[C@@H](Cc3ccc4ccccc4c3)C(=O)NC(C(=O)O)=Cc3ccc(cc3)OCC=CC[C@H]3C[C@@H](C(=O)N[C@@H](Cc4ccc5ccccc5c4)C(=O)N2)N(C(=O)[C@@H](NC(=O)[C@H](C)N(C)C(=O)OC(C)(C)C)C(C)(C)C)C3)N(C(=O)[C@H](C)NC(=O)[C@H](C)N(C)C(=O)OC(C)(C)C)C1. The highest BCUT2D eigenvalue weighted by Gasteiger charge is 2.63. The van der Waals surface area contributed by atoms with Gasteiger partial charge in [0.15, 0.2) is 0 Å². The number of amides is 10. The van der Waals surface area contributed by atoms with Crippen molar-refractivity contribution in [2.24, 2.45) is 11.3 Å². The molecule has 1 aromatic heterocycles. The Hall–Kier alpha value is -12.7. The average Bonchev–Trinajstić information content (AvgIpc) is 1.56. The van der Waals surface area contributed by atoms with Gasteiger partial charge in [0.2, 0.25) is 47.3 Å². The first-order chi connectivity index (χ1) is 57.1. The second kappa shape index (κ2) is 37.3. The molecule has 10 bridgehead atoms. The van der Waals surface area contributed by atoms with Crippen molar-refractivity contribution >= 4 is 99.0 Å². The molecule has 10 amide bonds. The van der Waals surface area contributed by atoms with E-state index < -0.39 is 160 Å². The van der Waals surface area contributed by atoms with E-state index in [2.05, 4.69) is 42.2 Å². The lowest BCUT2D eigenvalue weighted by Gasteiger charge is -2.37. The van der Waals surface area contributed by atoms with Crippen LogP contribution in [0.25, 0.3) is 27.6 Å². The van der Waals surface area contributed by atoms with E-state index in [-0.39, 0.29) is 64.3 Å². The predicted molar refractivity (Wildman–Crippen MR) is 448 cm³/mol. The minimum Gasteiger partial charge on any atom is -0.490 e. The number of ether oxygens (including phenoxy) is 5. The molecule has 1 aliphatic carbocycles. The van der Waals surface area contributed by atoms with Gasteiger partial charge in [0.25, 0.3) is 0 Å². The summed E-state index contributed by atoms with van der Waals surface area (Å²) in [5.41, 5.74) is -2.35. The number of hydrogen-bond donors (Lipinski definition) is 7. The quantitative estimate of drug-likeness (QED) is 0.0304. The minimum atomic E-state index is -1.61. The molecule has 12 atom stereocenters. The van der Waals surface area contributed by atoms with Gasteiger partial charge in [0.1, 0.15) is 101 Å². The summed E-state index contributed by atoms with van der Waals surface area (Å²) in [6, 6.07) is 28.6. The number of hydrogen-bond acceptors (Lipinski definition) is 19. The van der Waals surface area contributed by atoms with Crippen LogP contribution in [-0.4, -0.2) is 217 Å². The number of carbonyl (C=O) groups excluding carboxylic acids is 11. The molecule has 1 saturated carbocycles. The van der Waals surface area contributed by atoms with E-state index in [0.717, 1.165) is 31.3 Å². The smallest absolute Gasteiger partial charge is 0.410 e. The van der Waals surface area contributed by atoms with E-state index in [0.29, 0.717) is 45.9 Å². The summed E-state index contributed by atoms with van der Waals surface area (Å²) in [5.74, 6) is -8.31. The number of nitrogens with zero attached hydrogens (tertiary/aromatic N) is 7. The number of nitrogens with one attached hydrogen (secondary N) is 6. The lowest BCUT2D eigenvalue weighted by atomic mass is 9.85. The third-order valence-electron chi connectivity index (χ3n) is 22.1. The predicted octanol–water partition coefficient (Wildman–Crippen LogP) is 8.62. The van der Waals surface area contributed by atoms with Crippen LogP contribution in [-0.2, 0) is 81.6 Å². The summed E-state index contributed by atoms with van der Waals surface area (Å²) in [5, 5.41) is 40.0. The number of carbonyl (C=O) groups is 12. The number of aliphatic carboxylic acids is 1. The number of likely N-dealkylation sites (N-methyl/N-ethyl adjacent to an activating group) is 2. The number of fused-ring (bicyclic) bond motifs is 2. The Morgan fingerprint density at radius 2 is 1.14 bits per heavy atom. The molecular formula is C90H109N13O18. The van der Waals surface area contributed by atoms with E-state index in [1.54, 1.807) is 129 Å². The van der Waals surface area contributed by atoms with Crippen molar-refractivity contribution in [1.82, 2.24) is 66.5 Å². The number of likely N-dealkylation sites (tertiary alicyclic amines) is 2. The number of rotatable bonds is 14. The van der Waals surface area contributed by atoms with Crippen LogP contribution in [0, 0.1) is 11.3 Å². The number of methoxy groups -OCH3 is 1. The average molecular weight is 1660 g/mol. The van der Waals surface area contributed by atoms with E-state index in [4.69, 9.17) is 23.7 Å². The lowest BCUT2D eigenvalue weighted by molar-refractivity contribution is -0.147. The number of carboxylic acid groups (broad SMARTS) is 1. The zero-order valence-electron chi connectivity index (χ0n) is 71.0. The minimum absolute atomic E-state index is 0.0243. The van der Waals surface area contributed by atoms with E-state index >= 15 is 19.2 Å². The summed E-state index contributed by atoms with van der Waals surface area (Å²) in [6.07, 6.45) is 5.09. The number of allylic oxidation sites excluding steroid dienone is 1. The van der Waals surface area contributed by atoms with Crippen LogP contribution in [0.1, 0.15) is 149 Å². The van der Waals surface area contributed by atoms with Crippen molar-refractivity contribution in [3.8, 4) is 11.5 Å². The van der Waals surface area contributed by atoms with E-state index in [1.165, 1.54) is 62.5 Å². The first kappa shape index (κ1) is 89.1. The standard InChI is InChI=1S/C90H109N13O18/c1-52(91-75(104)53(2)99(13)85(115)120-88(7,8)9)81(110)102-50-65-46-73(102)80(109)92-69(43-56-27-31-59-23-16-18-25-62(59)40-56)77(106)94-71(83(112)113)42-55-29-35-66(36-30-55)118-39-21-20-22-58-45-72(101(48-58)82(111)74(87(4,5)6)95-76(105)54(3)100(14)86(116)121-89(10,11)12)79(108)93-70(44-57-28-32-60-24-17-19-26-63(60)41-57)78(107)96-90(84(114)117-15)47-68(90)61-33-37-67(38-34-61)119-51-64-49-103(65)98-97-64/h16-21,23-38,40-42,49,52-54,58,65,68-70,72-74H,22,39,43-48,50-51H2,1-15H3,(H,91,104)(H,92,109)(H,93,108)(H,94,106)(H,95,105)(H,96,107)(H,112,113)/t52-,53-,54-,58-,65-,68-,69-,70-,72-,73-,74+,90?/m0/s1. The molecule has 7 aromatic rings. The van der Waals surface area contributed by atoms with Crippen LogP contribution in [0.15, 0.2) is 158 Å². The van der Waals surface area contributed by atoms with Crippen molar-refractivity contribution in [3.63, 3.8) is 0 Å². The molecule has 1 unspecified atom stereocenters. The van der Waals surface area contributed by atoms with Gasteiger partial charge in [-0.1, -0.05) is 147 Å². The Morgan fingerprint density at radius 3 is 1.69 bits per heavy atom. The third kappa shape index (κ3) is 22.2. The van der Waals surface area contributed by atoms with Crippen molar-refractivity contribution < 1.29 is 86.3 Å². The van der Waals surface area contributed by atoms with Crippen LogP contribution < -0.4 is 41.4 Å². The van der Waals surface area contributed by atoms with Gasteiger partial charge in [-0.3, -0.25) is 48.2 Å². The zero-order chi connectivity index (χ0) is 87.7. The molecule has 0 radical (unpaired) electrons. The zero-order valence-corrected chi connectivity index (χ0v) is 71.0. The van der Waals surface area contributed by atoms with Crippen LogP contribution in [0.4, 0.5) is 9.59 Å². The van der Waals surface area contributed by atoms with Gasteiger partial charge in [-0.25, -0.2) is 23.9 Å². The van der Waals surface area contributed by atoms with E-state index in [1.807, 2.05) is 84.9 Å². The molecule has 31 nitrogen and oxygen atoms in total. The first-order valence-electron chi connectivity index (χ1n) is 40.5. The maximum Gasteiger partial charge on any atom is 0.410 e. The molecule has 3 fully saturated rings. The van der Waals surface area contributed by atoms with Gasteiger partial charge in [-0.05, 0) is 167 Å². The number of esters is 1. The molecule has 7 N–H and O–H groups in total. The fourth-order valence-electron chi connectivity index (χ4n) is 15.1. The van der Waals surface area contributed by atoms with Gasteiger partial charge in [0, 0.05) is 52.4 Å². The Kier molecular flexibility index (Phi) is 27.5. The number of aromatic nitrogens is 3. The molecule has 121 heavy (non-hydrogen) atoms. The molecule has 6 aromatic carbocycles. The third-order valence-corrected chi connectivity index (χ3v) is 22.1. The van der Waals surface area contributed by atoms with Crippen molar-refractivity contribution in [2.45, 2.75) is 205 Å². The van der Waals surface area contributed by atoms with Gasteiger partial charge in [-0.2, -0.15) is 0 Å². The highest BCUT2D eigenvalue weighted by molar-refractivity contribution is 6.02. The molecule has 7 aliphatic rings.